The first-order chi connectivity index (χ1) is 58.7. The van der Waals surface area contributed by atoms with Crippen LogP contribution in [0.1, 0.15) is 41.6 Å². The van der Waals surface area contributed by atoms with Crippen LogP contribution in [0.15, 0.2) is 428 Å². The van der Waals surface area contributed by atoms with Crippen molar-refractivity contribution in [2.24, 2.45) is 0 Å². The summed E-state index contributed by atoms with van der Waals surface area (Å²) in [5.74, 6) is 0. The quantitative estimate of drug-likeness (QED) is 0.0438. The van der Waals surface area contributed by atoms with Gasteiger partial charge < -0.3 is 10.0 Å². The van der Waals surface area contributed by atoms with Gasteiger partial charge in [-0.3, -0.25) is 9.59 Å². The largest absolute Gasteiger partial charge is 0.488 e. The first-order valence-electron chi connectivity index (χ1n) is 37.2. The third-order valence-corrected chi connectivity index (χ3v) is 29.7. The molecule has 2 N–H and O–H groups in total. The molecule has 25 heteroatoms. The first kappa shape index (κ1) is 96.6. The fraction of sp³-hybridized carbons (Fsp3) is 0.0408. The molecule has 2 aromatic heterocycles. The number of alkyl halides is 12. The van der Waals surface area contributed by atoms with Crippen molar-refractivity contribution in [1.29, 1.82) is 0 Å². The molecule has 14 aromatic carbocycles. The Bertz CT molecular complexity index is 4850. The number of benzene rings is 14. The SMILES string of the molecule is O=Cc1cc(-c2cc(C(F)(F)F)cc(C(F)(F)F)c2)cs1.O=Cc1cc(Br)cs1.OB(O)c1cc(C(F)(F)F)cc(C(F)(F)F)c1.[Pd].c1ccc(P(c2ccccc2)c2ccccc2)cc1.c1ccc(P(c2ccccc2)c2ccccc2)cc1.c1ccc(P(c2ccccc2)c2ccccc2)cc1.c1ccc(P(c2ccccc2)c2ccccc2)cc1. The molecule has 123 heavy (non-hydrogen) atoms. The third-order valence-electron chi connectivity index (χ3n) is 17.4. The molecule has 16 aromatic rings. The van der Waals surface area contributed by atoms with Crippen LogP contribution in [-0.2, 0) is 45.1 Å². The van der Waals surface area contributed by atoms with Crippen LogP contribution in [0.2, 0.25) is 0 Å². The van der Waals surface area contributed by atoms with E-state index >= 15 is 0 Å². The molecule has 0 aliphatic carbocycles. The Hall–Kier alpha value is -10.2. The Morgan fingerprint density at radius 3 is 0.577 bits per heavy atom. The molecule has 0 bridgehead atoms. The Labute approximate surface area is 741 Å². The zero-order chi connectivity index (χ0) is 86.9. The summed E-state index contributed by atoms with van der Waals surface area (Å²) in [6.07, 6.45) is -18.4. The molecule has 0 saturated carbocycles. The maximum atomic E-state index is 12.7. The third kappa shape index (κ3) is 30.1. The zero-order valence-corrected chi connectivity index (χ0v) is 73.0. The van der Waals surface area contributed by atoms with Crippen LogP contribution in [0.3, 0.4) is 0 Å². The normalized spacial score (nSPS) is 11.0. The summed E-state index contributed by atoms with van der Waals surface area (Å²) in [7, 11) is -4.19. The molecule has 0 amide bonds. The molecule has 0 unspecified atom stereocenters. The van der Waals surface area contributed by atoms with E-state index in [1.54, 1.807) is 6.07 Å². The van der Waals surface area contributed by atoms with Gasteiger partial charge in [-0.1, -0.05) is 376 Å². The maximum absolute atomic E-state index is 12.7. The zero-order valence-electron chi connectivity index (χ0n) is 64.7. The van der Waals surface area contributed by atoms with Gasteiger partial charge in [0.1, 0.15) is 0 Å². The van der Waals surface area contributed by atoms with Gasteiger partial charge in [-0.05, 0) is 170 Å². The molecule has 4 nitrogen and oxygen atoms in total. The van der Waals surface area contributed by atoms with E-state index in [2.05, 4.69) is 380 Å². The summed E-state index contributed by atoms with van der Waals surface area (Å²) in [6.45, 7) is 0. The molecule has 2 heterocycles. The van der Waals surface area contributed by atoms with E-state index in [1.165, 1.54) is 86.4 Å². The summed E-state index contributed by atoms with van der Waals surface area (Å²) in [4.78, 5) is 21.5. The molecule has 0 aliphatic heterocycles. The van der Waals surface area contributed by atoms with Crippen LogP contribution in [0.25, 0.3) is 11.1 Å². The Morgan fingerprint density at radius 1 is 0.252 bits per heavy atom. The molecule has 0 fully saturated rings. The van der Waals surface area contributed by atoms with Crippen LogP contribution in [0, 0.1) is 0 Å². The molecule has 0 aliphatic rings. The topological polar surface area (TPSA) is 74.6 Å². The van der Waals surface area contributed by atoms with E-state index < -0.39 is 91.2 Å². The minimum Gasteiger partial charge on any atom is -0.423 e. The average Bonchev–Trinajstić information content (AvgIpc) is 1.77. The number of carbonyl (C=O) groups is 2. The van der Waals surface area contributed by atoms with E-state index in [1.807, 2.05) is 5.38 Å². The summed E-state index contributed by atoms with van der Waals surface area (Å²) in [5, 5.41) is 37.2. The van der Waals surface area contributed by atoms with Gasteiger partial charge in [-0.15, -0.1) is 22.7 Å². The maximum Gasteiger partial charge on any atom is 0.488 e. The molecule has 16 rings (SSSR count). The number of carbonyl (C=O) groups excluding carboxylic acids is 2. The second kappa shape index (κ2) is 48.2. The van der Waals surface area contributed by atoms with Gasteiger partial charge in [0.05, 0.1) is 32.0 Å². The van der Waals surface area contributed by atoms with E-state index in [4.69, 9.17) is 10.0 Å². The molecule has 0 radical (unpaired) electrons. The molecule has 0 atom stereocenters. The summed E-state index contributed by atoms with van der Waals surface area (Å²) in [6, 6.07) is 134. The Balaban J connectivity index is 0.000000164. The smallest absolute Gasteiger partial charge is 0.423 e. The molecular formula is C98H74BBrF12O4P4PdS2. The van der Waals surface area contributed by atoms with Gasteiger partial charge >= 0.3 is 31.8 Å². The van der Waals surface area contributed by atoms with Crippen molar-refractivity contribution < 1.29 is 92.7 Å². The Morgan fingerprint density at radius 2 is 0.431 bits per heavy atom. The predicted molar refractivity (Wildman–Crippen MR) is 489 cm³/mol. The monoisotopic (exact) mass is 1930 g/mol. The van der Waals surface area contributed by atoms with Crippen molar-refractivity contribution in [3.05, 3.63) is 460 Å². The van der Waals surface area contributed by atoms with E-state index in [0.29, 0.717) is 18.4 Å². The van der Waals surface area contributed by atoms with Crippen LogP contribution in [0.5, 0.6) is 0 Å². The van der Waals surface area contributed by atoms with E-state index in [9.17, 15) is 62.3 Å². The minimum absolute atomic E-state index is 0. The summed E-state index contributed by atoms with van der Waals surface area (Å²) in [5.41, 5.74) is -6.91. The van der Waals surface area contributed by atoms with Crippen LogP contribution < -0.4 is 69.1 Å². The van der Waals surface area contributed by atoms with Gasteiger partial charge in [-0.2, -0.15) is 52.7 Å². The summed E-state index contributed by atoms with van der Waals surface area (Å²) < 4.78 is 151. The van der Waals surface area contributed by atoms with Gasteiger partial charge in [0.2, 0.25) is 0 Å². The van der Waals surface area contributed by atoms with Gasteiger partial charge in [0.25, 0.3) is 0 Å². The van der Waals surface area contributed by atoms with Crippen molar-refractivity contribution in [1.82, 2.24) is 0 Å². The number of thiophene rings is 2. The van der Waals surface area contributed by atoms with Gasteiger partial charge in [0, 0.05) is 30.3 Å². The second-order valence-corrected chi connectivity index (χ2v) is 37.7. The summed E-state index contributed by atoms with van der Waals surface area (Å²) >= 11 is 5.60. The van der Waals surface area contributed by atoms with Gasteiger partial charge in [0.15, 0.2) is 12.6 Å². The van der Waals surface area contributed by atoms with Crippen molar-refractivity contribution in [3.63, 3.8) is 0 Å². The van der Waals surface area contributed by atoms with Crippen molar-refractivity contribution >= 4 is 159 Å². The van der Waals surface area contributed by atoms with E-state index in [0.717, 1.165) is 27.0 Å². The van der Waals surface area contributed by atoms with Crippen molar-refractivity contribution in [2.45, 2.75) is 24.7 Å². The van der Waals surface area contributed by atoms with Crippen LogP contribution in [0.4, 0.5) is 52.7 Å². The number of halogens is 13. The molecule has 0 saturated heterocycles. The van der Waals surface area contributed by atoms with Crippen LogP contribution in [-0.4, -0.2) is 29.7 Å². The fourth-order valence-corrected chi connectivity index (χ4v) is 23.1. The van der Waals surface area contributed by atoms with E-state index in [-0.39, 0.29) is 60.7 Å². The number of aldehydes is 2. The number of rotatable bonds is 16. The number of hydrogen-bond acceptors (Lipinski definition) is 6. The van der Waals surface area contributed by atoms with Crippen molar-refractivity contribution in [2.75, 3.05) is 0 Å². The molecule has 626 valence electrons. The average molecular weight is 1930 g/mol. The predicted octanol–water partition coefficient (Wildman–Crippen LogP) is 22.8. The van der Waals surface area contributed by atoms with Gasteiger partial charge in [-0.25, -0.2) is 0 Å². The van der Waals surface area contributed by atoms with Crippen LogP contribution >= 0.6 is 70.3 Å². The fourth-order valence-electron chi connectivity index (χ4n) is 11.9. The second-order valence-electron chi connectivity index (χ2n) is 26.0. The molecular weight excluding hydrogens is 1850 g/mol. The molecule has 0 spiro atoms. The number of hydrogen-bond donors (Lipinski definition) is 2. The first-order valence-corrected chi connectivity index (χ1v) is 45.2. The Kier molecular flexibility index (Phi) is 37.9. The minimum atomic E-state index is -5.00. The van der Waals surface area contributed by atoms with Crippen molar-refractivity contribution in [3.8, 4) is 11.1 Å². The standard InChI is InChI=1S/4C18H15P.C13H6F6OS.C8H5BF6O2.C5H3BrOS.Pd/c4*1-4-10-16(11-5-1)19(17-12-6-2-7-13-17)18-14-8-3-9-15-18;14-12(15,16)9-1-7(2-10(4-9)13(17,18)19)8-3-11(5-20)21-6-8;10-7(11,12)4-1-5(8(13,14)15)3-6(2-4)9(16)17;6-4-1-5(2-7)8-3-4;/h4*1-15H;1-6H;1-3,16-17H;1-3H;.